The summed E-state index contributed by atoms with van der Waals surface area (Å²) in [6.45, 7) is 2.53. The first-order valence-corrected chi connectivity index (χ1v) is 7.16. The predicted octanol–water partition coefficient (Wildman–Crippen LogP) is 3.84. The van der Waals surface area contributed by atoms with Crippen LogP contribution in [0.4, 0.5) is 5.82 Å². The van der Waals surface area contributed by atoms with Crippen molar-refractivity contribution in [3.63, 3.8) is 0 Å². The zero-order chi connectivity index (χ0) is 12.6. The minimum absolute atomic E-state index is 0.585. The molecule has 0 bridgehead atoms. The molecule has 6 heteroatoms. The Hall–Kier alpha value is -0.270. The first kappa shape index (κ1) is 13.2. The van der Waals surface area contributed by atoms with E-state index in [9.17, 15) is 0 Å². The summed E-state index contributed by atoms with van der Waals surface area (Å²) in [7, 11) is 0. The van der Waals surface area contributed by atoms with Crippen molar-refractivity contribution in [3.05, 3.63) is 42.5 Å². The van der Waals surface area contributed by atoms with E-state index in [1.54, 1.807) is 4.68 Å². The highest BCUT2D eigenvalue weighted by Gasteiger charge is 2.11. The van der Waals surface area contributed by atoms with Crippen LogP contribution in [0.1, 0.15) is 11.3 Å². The lowest BCUT2D eigenvalue weighted by Gasteiger charge is -2.06. The van der Waals surface area contributed by atoms with Gasteiger partial charge in [-0.3, -0.25) is 0 Å². The molecule has 1 aromatic carbocycles. The Morgan fingerprint density at radius 3 is 2.76 bits per heavy atom. The third-order valence-electron chi connectivity index (χ3n) is 2.43. The van der Waals surface area contributed by atoms with Gasteiger partial charge in [-0.15, -0.1) is 0 Å². The summed E-state index contributed by atoms with van der Waals surface area (Å²) >= 11 is 11.7. The Morgan fingerprint density at radius 1 is 1.53 bits per heavy atom. The van der Waals surface area contributed by atoms with Crippen molar-refractivity contribution >= 4 is 55.9 Å². The number of halogens is 3. The van der Waals surface area contributed by atoms with Gasteiger partial charge < -0.3 is 5.73 Å². The summed E-state index contributed by atoms with van der Waals surface area (Å²) in [5, 5.41) is 5.09. The average molecular weight is 426 g/mol. The van der Waals surface area contributed by atoms with Gasteiger partial charge in [0.15, 0.2) is 0 Å². The van der Waals surface area contributed by atoms with Crippen molar-refractivity contribution in [3.8, 4) is 0 Å². The Bertz CT molecular complexity index is 568. The molecule has 0 spiro atoms. The second kappa shape index (κ2) is 5.16. The van der Waals surface area contributed by atoms with Crippen LogP contribution in [0.15, 0.2) is 22.7 Å². The molecule has 0 amide bonds. The van der Waals surface area contributed by atoms with Crippen LogP contribution < -0.4 is 5.73 Å². The van der Waals surface area contributed by atoms with Gasteiger partial charge in [0.25, 0.3) is 0 Å². The molecular formula is C11H10BrClIN3. The maximum atomic E-state index is 6.16. The van der Waals surface area contributed by atoms with E-state index in [-0.39, 0.29) is 0 Å². The standard InChI is InChI=1S/C11H10BrClIN3/c1-6-10(14)11(15)17(16-6)5-7-2-3-8(12)4-9(7)13/h2-4H,5,15H2,1H3. The fourth-order valence-electron chi connectivity index (χ4n) is 1.51. The minimum atomic E-state index is 0.585. The highest BCUT2D eigenvalue weighted by atomic mass is 127. The molecule has 0 fully saturated rings. The first-order chi connectivity index (χ1) is 7.99. The number of aryl methyl sites for hydroxylation is 1. The second-order valence-electron chi connectivity index (χ2n) is 3.68. The molecule has 0 atom stereocenters. The smallest absolute Gasteiger partial charge is 0.135 e. The summed E-state index contributed by atoms with van der Waals surface area (Å²) < 4.78 is 3.73. The normalized spacial score (nSPS) is 10.8. The monoisotopic (exact) mass is 425 g/mol. The SMILES string of the molecule is Cc1nn(Cc2ccc(Br)cc2Cl)c(N)c1I. The van der Waals surface area contributed by atoms with Crippen LogP contribution in [0.3, 0.4) is 0 Å². The molecule has 2 aromatic rings. The molecule has 0 saturated carbocycles. The van der Waals surface area contributed by atoms with Gasteiger partial charge in [0.05, 0.1) is 15.8 Å². The van der Waals surface area contributed by atoms with Crippen molar-refractivity contribution in [2.24, 2.45) is 0 Å². The fourth-order valence-corrected chi connectivity index (χ4v) is 2.63. The number of rotatable bonds is 2. The van der Waals surface area contributed by atoms with E-state index in [4.69, 9.17) is 17.3 Å². The number of aromatic nitrogens is 2. The fraction of sp³-hybridized carbons (Fsp3) is 0.182. The van der Waals surface area contributed by atoms with Crippen LogP contribution in [0, 0.1) is 10.5 Å². The van der Waals surface area contributed by atoms with Gasteiger partial charge in [-0.2, -0.15) is 5.10 Å². The summed E-state index contributed by atoms with van der Waals surface area (Å²) in [6, 6.07) is 5.79. The van der Waals surface area contributed by atoms with E-state index < -0.39 is 0 Å². The van der Waals surface area contributed by atoms with Gasteiger partial charge in [0.2, 0.25) is 0 Å². The van der Waals surface area contributed by atoms with E-state index in [1.807, 2.05) is 25.1 Å². The van der Waals surface area contributed by atoms with Gasteiger partial charge in [-0.25, -0.2) is 4.68 Å². The Kier molecular flexibility index (Phi) is 3.99. The number of hydrogen-bond acceptors (Lipinski definition) is 2. The molecule has 0 radical (unpaired) electrons. The van der Waals surface area contributed by atoms with Crippen molar-refractivity contribution < 1.29 is 0 Å². The summed E-state index contributed by atoms with van der Waals surface area (Å²) in [6.07, 6.45) is 0. The van der Waals surface area contributed by atoms with Gasteiger partial charge in [0, 0.05) is 9.50 Å². The van der Waals surface area contributed by atoms with Crippen molar-refractivity contribution in [1.82, 2.24) is 9.78 Å². The van der Waals surface area contributed by atoms with E-state index in [0.717, 1.165) is 19.3 Å². The molecule has 2 rings (SSSR count). The third-order valence-corrected chi connectivity index (χ3v) is 4.60. The molecule has 1 aromatic heterocycles. The van der Waals surface area contributed by atoms with Crippen LogP contribution in [0.25, 0.3) is 0 Å². The molecule has 2 N–H and O–H groups in total. The zero-order valence-electron chi connectivity index (χ0n) is 9.04. The van der Waals surface area contributed by atoms with Gasteiger partial charge >= 0.3 is 0 Å². The molecule has 17 heavy (non-hydrogen) atoms. The van der Waals surface area contributed by atoms with Gasteiger partial charge in [-0.05, 0) is 47.2 Å². The highest BCUT2D eigenvalue weighted by molar-refractivity contribution is 14.1. The van der Waals surface area contributed by atoms with Gasteiger partial charge in [-0.1, -0.05) is 33.6 Å². The maximum Gasteiger partial charge on any atom is 0.135 e. The summed E-state index contributed by atoms with van der Waals surface area (Å²) in [5.74, 6) is 0.682. The zero-order valence-corrected chi connectivity index (χ0v) is 13.5. The second-order valence-corrected chi connectivity index (χ2v) is 6.08. The predicted molar refractivity (Wildman–Crippen MR) is 82.3 cm³/mol. The number of nitrogens with two attached hydrogens (primary N) is 1. The lowest BCUT2D eigenvalue weighted by Crippen LogP contribution is -2.06. The highest BCUT2D eigenvalue weighted by Crippen LogP contribution is 2.24. The molecule has 0 aliphatic carbocycles. The molecule has 0 saturated heterocycles. The molecule has 0 unspecified atom stereocenters. The Labute approximate surface area is 127 Å². The number of nitrogens with zero attached hydrogens (tertiary/aromatic N) is 2. The largest absolute Gasteiger partial charge is 0.383 e. The van der Waals surface area contributed by atoms with E-state index >= 15 is 0 Å². The Morgan fingerprint density at radius 2 is 2.24 bits per heavy atom. The molecule has 3 nitrogen and oxygen atoms in total. The first-order valence-electron chi connectivity index (χ1n) is 4.91. The van der Waals surface area contributed by atoms with Crippen LogP contribution in [0.5, 0.6) is 0 Å². The lowest BCUT2D eigenvalue weighted by molar-refractivity contribution is 0.689. The molecule has 90 valence electrons. The van der Waals surface area contributed by atoms with Crippen LogP contribution in [0.2, 0.25) is 5.02 Å². The third kappa shape index (κ3) is 2.77. The van der Waals surface area contributed by atoms with Crippen LogP contribution in [-0.2, 0) is 6.54 Å². The number of hydrogen-bond donors (Lipinski definition) is 1. The molecule has 0 aliphatic heterocycles. The van der Waals surface area contributed by atoms with Gasteiger partial charge in [0.1, 0.15) is 5.82 Å². The maximum absolute atomic E-state index is 6.16. The van der Waals surface area contributed by atoms with Crippen molar-refractivity contribution in [2.45, 2.75) is 13.5 Å². The molecular weight excluding hydrogens is 416 g/mol. The molecule has 0 aliphatic rings. The lowest BCUT2D eigenvalue weighted by atomic mass is 10.2. The molecule has 1 heterocycles. The van der Waals surface area contributed by atoms with E-state index in [0.29, 0.717) is 17.4 Å². The number of anilines is 1. The number of benzene rings is 1. The Balaban J connectivity index is 2.34. The quantitative estimate of drug-likeness (QED) is 0.742. The van der Waals surface area contributed by atoms with Crippen molar-refractivity contribution in [2.75, 3.05) is 5.73 Å². The summed E-state index contributed by atoms with van der Waals surface area (Å²) in [4.78, 5) is 0. The summed E-state index contributed by atoms with van der Waals surface area (Å²) in [5.41, 5.74) is 7.91. The van der Waals surface area contributed by atoms with E-state index in [2.05, 4.69) is 43.6 Å². The minimum Gasteiger partial charge on any atom is -0.383 e. The van der Waals surface area contributed by atoms with Crippen LogP contribution in [-0.4, -0.2) is 9.78 Å². The number of nitrogen functional groups attached to an aromatic ring is 1. The average Bonchev–Trinajstić information content (AvgIpc) is 2.50. The van der Waals surface area contributed by atoms with E-state index in [1.165, 1.54) is 0 Å². The van der Waals surface area contributed by atoms with Crippen molar-refractivity contribution in [1.29, 1.82) is 0 Å². The topological polar surface area (TPSA) is 43.8 Å². The van der Waals surface area contributed by atoms with Crippen LogP contribution >= 0.6 is 50.1 Å².